The molecule has 1 atom stereocenters. The van der Waals surface area contributed by atoms with Crippen molar-refractivity contribution in [1.82, 2.24) is 14.3 Å². The Morgan fingerprint density at radius 2 is 1.72 bits per heavy atom. The second kappa shape index (κ2) is 14.7. The molecule has 11 nitrogen and oxygen atoms in total. The molecule has 1 saturated carbocycles. The number of anilines is 2. The van der Waals surface area contributed by atoms with Crippen LogP contribution in [-0.4, -0.2) is 53.7 Å². The Morgan fingerprint density at radius 1 is 1.04 bits per heavy atom. The van der Waals surface area contributed by atoms with Gasteiger partial charge in [0.2, 0.25) is 21.9 Å². The molecule has 2 heterocycles. The van der Waals surface area contributed by atoms with Crippen LogP contribution in [0.25, 0.3) is 0 Å². The number of hydrogen-bond acceptors (Lipinski definition) is 7. The van der Waals surface area contributed by atoms with Gasteiger partial charge >= 0.3 is 0 Å². The maximum absolute atomic E-state index is 13.4. The van der Waals surface area contributed by atoms with Gasteiger partial charge in [-0.3, -0.25) is 4.79 Å². The molecule has 0 spiro atoms. The van der Waals surface area contributed by atoms with Crippen molar-refractivity contribution >= 4 is 74.0 Å². The predicted molar refractivity (Wildman–Crippen MR) is 183 cm³/mol. The topological polar surface area (TPSA) is 169 Å². The van der Waals surface area contributed by atoms with Gasteiger partial charge < -0.3 is 22.1 Å². The van der Waals surface area contributed by atoms with Crippen LogP contribution in [0.1, 0.15) is 49.8 Å². The van der Waals surface area contributed by atoms with E-state index in [-0.39, 0.29) is 56.9 Å². The van der Waals surface area contributed by atoms with Gasteiger partial charge in [-0.25, -0.2) is 23.4 Å². The fourth-order valence-electron chi connectivity index (χ4n) is 5.92. The number of aryl methyl sites for hydroxylation is 1. The van der Waals surface area contributed by atoms with Gasteiger partial charge in [0, 0.05) is 30.1 Å². The van der Waals surface area contributed by atoms with Gasteiger partial charge in [0.1, 0.15) is 5.69 Å². The van der Waals surface area contributed by atoms with Crippen LogP contribution in [0.15, 0.2) is 52.5 Å². The highest BCUT2D eigenvalue weighted by Gasteiger charge is 2.31. The molecular weight excluding hydrogens is 671 g/mol. The maximum Gasteiger partial charge on any atom is 0.243 e. The van der Waals surface area contributed by atoms with E-state index in [9.17, 15) is 13.2 Å². The molecule has 1 aromatic heterocycles. The molecule has 2 aromatic carbocycles. The Morgan fingerprint density at radius 3 is 2.37 bits per heavy atom. The Kier molecular flexibility index (Phi) is 10.9. The summed E-state index contributed by atoms with van der Waals surface area (Å²) in [5, 5.41) is 7.31. The van der Waals surface area contributed by atoms with E-state index in [0.717, 1.165) is 37.7 Å². The van der Waals surface area contributed by atoms with E-state index in [4.69, 9.17) is 51.3 Å². The summed E-state index contributed by atoms with van der Waals surface area (Å²) in [5.74, 6) is 0.299. The fourth-order valence-corrected chi connectivity index (χ4v) is 8.34. The third-order valence-electron chi connectivity index (χ3n) is 8.45. The summed E-state index contributed by atoms with van der Waals surface area (Å²) in [4.78, 5) is 25.7. The van der Waals surface area contributed by atoms with E-state index in [2.05, 4.69) is 20.6 Å². The highest BCUT2D eigenvalue weighted by atomic mass is 35.5. The summed E-state index contributed by atoms with van der Waals surface area (Å²) in [7, 11) is -3.64. The number of benzene rings is 2. The Hall–Kier alpha value is -3.16. The zero-order chi connectivity index (χ0) is 33.0. The minimum Gasteiger partial charge on any atom is -0.369 e. The molecule has 0 radical (unpaired) electrons. The largest absolute Gasteiger partial charge is 0.369 e. The van der Waals surface area contributed by atoms with E-state index in [1.807, 2.05) is 6.92 Å². The second-order valence-electron chi connectivity index (χ2n) is 11.9. The van der Waals surface area contributed by atoms with Crippen LogP contribution in [0.5, 0.6) is 0 Å². The van der Waals surface area contributed by atoms with E-state index < -0.39 is 10.0 Å². The number of carbonyl (C=O) groups is 1. The summed E-state index contributed by atoms with van der Waals surface area (Å²) in [5.41, 5.74) is 14.3. The summed E-state index contributed by atoms with van der Waals surface area (Å²) in [6, 6.07) is 9.75. The number of carbonyl (C=O) groups excluding carboxylic acids is 1. The lowest BCUT2D eigenvalue weighted by atomic mass is 9.79. The van der Waals surface area contributed by atoms with Crippen molar-refractivity contribution in [3.8, 4) is 0 Å². The van der Waals surface area contributed by atoms with E-state index in [1.165, 1.54) is 16.4 Å². The van der Waals surface area contributed by atoms with Gasteiger partial charge in [0.05, 0.1) is 32.5 Å². The normalized spacial score (nSPS) is 21.1. The number of primary amides is 1. The number of nitrogens with one attached hydrogen (secondary N) is 2. The highest BCUT2D eigenvalue weighted by Crippen LogP contribution is 2.36. The number of nitrogens with zero attached hydrogens (tertiary/aromatic N) is 4. The van der Waals surface area contributed by atoms with Gasteiger partial charge in [-0.1, -0.05) is 52.5 Å². The second-order valence-corrected chi connectivity index (χ2v) is 15.1. The summed E-state index contributed by atoms with van der Waals surface area (Å²) >= 11 is 18.6. The molecule has 0 unspecified atom stereocenters. The van der Waals surface area contributed by atoms with Crippen molar-refractivity contribution in [2.75, 3.05) is 23.7 Å². The molecule has 1 aliphatic carbocycles. The number of aliphatic imine (C=N–C) groups is 1. The molecule has 46 heavy (non-hydrogen) atoms. The van der Waals surface area contributed by atoms with Crippen molar-refractivity contribution in [3.05, 3.63) is 68.9 Å². The summed E-state index contributed by atoms with van der Waals surface area (Å²) < 4.78 is 28.2. The number of rotatable bonds is 9. The number of hydrogen-bond donors (Lipinski definition) is 4. The van der Waals surface area contributed by atoms with Gasteiger partial charge in [-0.15, -0.1) is 0 Å². The molecule has 5 rings (SSSR count). The van der Waals surface area contributed by atoms with E-state index >= 15 is 0 Å². The standard InChI is InChI=1S/C31H37Cl3N8O3S/c1-18-4-10-23(11-5-18)46(44,45)42-12-2-3-22(17-42)38-31-37-16-27(26(40-31)13-19-6-8-20(9-7-19)29(35)43)39-30(36)41-28-24(33)14-21(32)15-25(28)34/h4-5,10-11,14-16,19-20,22H,2-3,6-9,12-13,17H2,1H3,(H2,35,43)(H3,36,39,41)(H,37,38,40)/t19?,20?,22-/m1/s1. The molecule has 0 bridgehead atoms. The van der Waals surface area contributed by atoms with Gasteiger partial charge in [0.25, 0.3) is 0 Å². The van der Waals surface area contributed by atoms with Crippen LogP contribution in [0.3, 0.4) is 0 Å². The van der Waals surface area contributed by atoms with Crippen LogP contribution in [0.4, 0.5) is 17.3 Å². The van der Waals surface area contributed by atoms with E-state index in [0.29, 0.717) is 41.7 Å². The van der Waals surface area contributed by atoms with Crippen LogP contribution >= 0.6 is 34.8 Å². The molecule has 6 N–H and O–H groups in total. The lowest BCUT2D eigenvalue weighted by Gasteiger charge is -2.32. The molecule has 1 aliphatic heterocycles. The number of aromatic nitrogens is 2. The average Bonchev–Trinajstić information content (AvgIpc) is 3.01. The van der Waals surface area contributed by atoms with Crippen LogP contribution in [0, 0.1) is 18.8 Å². The first-order valence-electron chi connectivity index (χ1n) is 15.1. The molecule has 1 saturated heterocycles. The first kappa shape index (κ1) is 34.2. The Balaban J connectivity index is 1.36. The van der Waals surface area contributed by atoms with Crippen molar-refractivity contribution in [2.45, 2.75) is 62.8 Å². The Bertz CT molecular complexity index is 1690. The smallest absolute Gasteiger partial charge is 0.243 e. The molecule has 2 aliphatic rings. The summed E-state index contributed by atoms with van der Waals surface area (Å²) in [6.45, 7) is 2.65. The van der Waals surface area contributed by atoms with Gasteiger partial charge in [-0.05, 0) is 82.1 Å². The monoisotopic (exact) mass is 706 g/mol. The van der Waals surface area contributed by atoms with E-state index in [1.54, 1.807) is 30.5 Å². The first-order chi connectivity index (χ1) is 21.9. The maximum atomic E-state index is 13.4. The lowest BCUT2D eigenvalue weighted by molar-refractivity contribution is -0.122. The van der Waals surface area contributed by atoms with Crippen molar-refractivity contribution in [2.24, 2.45) is 28.3 Å². The zero-order valence-electron chi connectivity index (χ0n) is 25.3. The lowest BCUT2D eigenvalue weighted by Crippen LogP contribution is -2.45. The molecule has 15 heteroatoms. The van der Waals surface area contributed by atoms with Gasteiger partial charge in [0.15, 0.2) is 5.96 Å². The SMILES string of the molecule is Cc1ccc(S(=O)(=O)N2CCC[C@@H](Nc3ncc(NC(N)=Nc4c(Cl)cc(Cl)cc4Cl)c(CC4CCC(C(N)=O)CC4)n3)C2)cc1. The minimum atomic E-state index is -3.64. The van der Waals surface area contributed by atoms with Crippen LogP contribution in [-0.2, 0) is 21.2 Å². The number of halogens is 3. The summed E-state index contributed by atoms with van der Waals surface area (Å²) in [6.07, 6.45) is 6.78. The molecule has 246 valence electrons. The molecule has 3 aromatic rings. The number of nitrogens with two attached hydrogens (primary N) is 2. The Labute approximate surface area is 284 Å². The molecule has 2 fully saturated rings. The predicted octanol–water partition coefficient (Wildman–Crippen LogP) is 5.90. The number of piperidine rings is 1. The quantitative estimate of drug-likeness (QED) is 0.157. The zero-order valence-corrected chi connectivity index (χ0v) is 28.4. The number of amides is 1. The molecular formula is C31H37Cl3N8O3S. The number of sulfonamides is 1. The highest BCUT2D eigenvalue weighted by molar-refractivity contribution is 7.89. The first-order valence-corrected chi connectivity index (χ1v) is 17.7. The molecule has 1 amide bonds. The third-order valence-corrected chi connectivity index (χ3v) is 11.1. The van der Waals surface area contributed by atoms with Crippen molar-refractivity contribution in [1.29, 1.82) is 0 Å². The van der Waals surface area contributed by atoms with Crippen LogP contribution in [0.2, 0.25) is 15.1 Å². The van der Waals surface area contributed by atoms with Gasteiger partial charge in [-0.2, -0.15) is 4.31 Å². The van der Waals surface area contributed by atoms with Crippen molar-refractivity contribution < 1.29 is 13.2 Å². The average molecular weight is 708 g/mol. The number of guanidine groups is 1. The van der Waals surface area contributed by atoms with Crippen LogP contribution < -0.4 is 22.1 Å². The fraction of sp³-hybridized carbons (Fsp3) is 0.419. The van der Waals surface area contributed by atoms with Crippen molar-refractivity contribution in [3.63, 3.8) is 0 Å². The minimum absolute atomic E-state index is 0.0263. The third kappa shape index (κ3) is 8.40.